The Hall–Kier alpha value is -3.44. The molecular weight excluding hydrogens is 428 g/mol. The Morgan fingerprint density at radius 3 is 2.48 bits per heavy atom. The molecule has 33 heavy (non-hydrogen) atoms. The minimum Gasteiger partial charge on any atom is -0.444 e. The first kappa shape index (κ1) is 22.7. The van der Waals surface area contributed by atoms with Crippen molar-refractivity contribution in [2.24, 2.45) is 7.05 Å². The molecule has 0 radical (unpaired) electrons. The summed E-state index contributed by atoms with van der Waals surface area (Å²) in [5.74, 6) is 1.85. The first-order chi connectivity index (χ1) is 15.6. The predicted octanol–water partition coefficient (Wildman–Crippen LogP) is 1.53. The minimum absolute atomic E-state index is 0.189. The molecule has 1 N–H and O–H groups in total. The van der Waals surface area contributed by atoms with Gasteiger partial charge in [-0.15, -0.1) is 10.2 Å². The number of rotatable bonds is 2. The molecule has 2 aliphatic rings. The monoisotopic (exact) mass is 458 g/mol. The second-order valence-corrected chi connectivity index (χ2v) is 9.43. The molecule has 4 heterocycles. The zero-order chi connectivity index (χ0) is 23.8. The third kappa shape index (κ3) is 5.15. The van der Waals surface area contributed by atoms with Gasteiger partial charge >= 0.3 is 12.1 Å². The van der Waals surface area contributed by atoms with Crippen LogP contribution in [0.4, 0.5) is 15.3 Å². The number of hydrogen-bond donors (Lipinski definition) is 1. The van der Waals surface area contributed by atoms with Gasteiger partial charge in [-0.25, -0.2) is 14.3 Å². The van der Waals surface area contributed by atoms with Crippen LogP contribution < -0.4 is 10.9 Å². The Balaban J connectivity index is 1.34. The quantitative estimate of drug-likeness (QED) is 0.723. The van der Waals surface area contributed by atoms with Crippen molar-refractivity contribution < 1.29 is 14.3 Å². The summed E-state index contributed by atoms with van der Waals surface area (Å²) in [6.45, 7) is 8.21. The van der Waals surface area contributed by atoms with Crippen molar-refractivity contribution in [3.05, 3.63) is 34.3 Å². The Kier molecular flexibility index (Phi) is 6.09. The van der Waals surface area contributed by atoms with Gasteiger partial charge in [0.15, 0.2) is 5.82 Å². The average molecular weight is 459 g/mol. The van der Waals surface area contributed by atoms with Crippen molar-refractivity contribution in [2.45, 2.75) is 58.2 Å². The van der Waals surface area contributed by atoms with Crippen LogP contribution in [0.1, 0.15) is 51.2 Å². The number of hydrogen-bond acceptors (Lipinski definition) is 7. The number of piperidine rings is 1. The Morgan fingerprint density at radius 2 is 1.82 bits per heavy atom. The van der Waals surface area contributed by atoms with Crippen molar-refractivity contribution >= 4 is 17.8 Å². The average Bonchev–Trinajstić information content (AvgIpc) is 3.18. The molecule has 2 aromatic heterocycles. The van der Waals surface area contributed by atoms with Gasteiger partial charge in [0.05, 0.1) is 18.4 Å². The standard InChI is InChI=1S/C21H30N8O4/c1-21(2,3)33-20(32)28-9-10-29-16(13-28)24-25-18(29)14-5-7-27(8-6-14)19(31)23-15-11-17(30)26(4)22-12-15/h11-12,14H,5-10,13H2,1-4H3,(H,23,31). The van der Waals surface area contributed by atoms with Gasteiger partial charge in [-0.1, -0.05) is 0 Å². The van der Waals surface area contributed by atoms with Gasteiger partial charge in [-0.05, 0) is 33.6 Å². The SMILES string of the molecule is Cn1ncc(NC(=O)N2CCC(c3nnc4n3CCN(C(=O)OC(C)(C)C)C4)CC2)cc1=O. The molecule has 2 aromatic rings. The molecule has 1 fully saturated rings. The fraction of sp³-hybridized carbons (Fsp3) is 0.619. The largest absolute Gasteiger partial charge is 0.444 e. The van der Waals surface area contributed by atoms with Crippen molar-refractivity contribution in [3.8, 4) is 0 Å². The molecule has 12 nitrogen and oxygen atoms in total. The third-order valence-electron chi connectivity index (χ3n) is 5.80. The van der Waals surface area contributed by atoms with E-state index in [-0.39, 0.29) is 23.6 Å². The normalized spacial score (nSPS) is 17.0. The minimum atomic E-state index is -0.542. The lowest BCUT2D eigenvalue weighted by molar-refractivity contribution is 0.0194. The molecule has 0 atom stereocenters. The maximum Gasteiger partial charge on any atom is 0.410 e. The molecular formula is C21H30N8O4. The number of fused-ring (bicyclic) bond motifs is 1. The lowest BCUT2D eigenvalue weighted by Crippen LogP contribution is -2.43. The fourth-order valence-electron chi connectivity index (χ4n) is 4.05. The van der Waals surface area contributed by atoms with E-state index in [0.717, 1.165) is 24.5 Å². The number of nitrogens with zero attached hydrogens (tertiary/aromatic N) is 7. The van der Waals surface area contributed by atoms with Gasteiger partial charge < -0.3 is 19.5 Å². The number of urea groups is 1. The van der Waals surface area contributed by atoms with Crippen LogP contribution in [0.5, 0.6) is 0 Å². The lowest BCUT2D eigenvalue weighted by atomic mass is 9.96. The van der Waals surface area contributed by atoms with Gasteiger partial charge in [0.25, 0.3) is 5.56 Å². The van der Waals surface area contributed by atoms with Crippen LogP contribution in [0.3, 0.4) is 0 Å². The maximum atomic E-state index is 12.6. The predicted molar refractivity (Wildman–Crippen MR) is 119 cm³/mol. The molecule has 0 aliphatic carbocycles. The maximum absolute atomic E-state index is 12.6. The summed E-state index contributed by atoms with van der Waals surface area (Å²) in [4.78, 5) is 40.0. The van der Waals surface area contributed by atoms with E-state index >= 15 is 0 Å². The van der Waals surface area contributed by atoms with Gasteiger partial charge in [0, 0.05) is 45.2 Å². The molecule has 2 aliphatic heterocycles. The summed E-state index contributed by atoms with van der Waals surface area (Å²) >= 11 is 0. The summed E-state index contributed by atoms with van der Waals surface area (Å²) in [5.41, 5.74) is -0.445. The van der Waals surface area contributed by atoms with E-state index in [1.165, 1.54) is 16.9 Å². The molecule has 3 amide bonds. The van der Waals surface area contributed by atoms with E-state index in [0.29, 0.717) is 38.4 Å². The van der Waals surface area contributed by atoms with Crippen LogP contribution in [0.2, 0.25) is 0 Å². The van der Waals surface area contributed by atoms with Gasteiger partial charge in [0.1, 0.15) is 11.4 Å². The summed E-state index contributed by atoms with van der Waals surface area (Å²) in [6, 6.07) is 1.10. The molecule has 0 saturated carbocycles. The highest BCUT2D eigenvalue weighted by Gasteiger charge is 2.32. The number of aryl methyl sites for hydroxylation is 1. The molecule has 4 rings (SSSR count). The number of likely N-dealkylation sites (tertiary alicyclic amines) is 1. The molecule has 0 bridgehead atoms. The van der Waals surface area contributed by atoms with Crippen molar-refractivity contribution in [1.29, 1.82) is 0 Å². The molecule has 1 saturated heterocycles. The smallest absolute Gasteiger partial charge is 0.410 e. The second kappa shape index (κ2) is 8.83. The number of amides is 3. The highest BCUT2D eigenvalue weighted by atomic mass is 16.6. The zero-order valence-corrected chi connectivity index (χ0v) is 19.4. The Bertz CT molecular complexity index is 1090. The van der Waals surface area contributed by atoms with Crippen LogP contribution in [-0.2, 0) is 24.9 Å². The summed E-state index contributed by atoms with van der Waals surface area (Å²) in [6.07, 6.45) is 2.63. The van der Waals surface area contributed by atoms with Crippen LogP contribution >= 0.6 is 0 Å². The van der Waals surface area contributed by atoms with Crippen molar-refractivity contribution in [3.63, 3.8) is 0 Å². The van der Waals surface area contributed by atoms with E-state index in [2.05, 4.69) is 25.2 Å². The number of carbonyl (C=O) groups is 2. The molecule has 0 unspecified atom stereocenters. The van der Waals surface area contributed by atoms with Crippen LogP contribution in [0, 0.1) is 0 Å². The Labute approximate surface area is 191 Å². The van der Waals surface area contributed by atoms with E-state index in [9.17, 15) is 14.4 Å². The number of nitrogens with one attached hydrogen (secondary N) is 1. The summed E-state index contributed by atoms with van der Waals surface area (Å²) in [7, 11) is 1.55. The van der Waals surface area contributed by atoms with Crippen molar-refractivity contribution in [2.75, 3.05) is 25.0 Å². The van der Waals surface area contributed by atoms with E-state index in [4.69, 9.17) is 4.74 Å². The molecule has 0 aromatic carbocycles. The van der Waals surface area contributed by atoms with E-state index in [1.54, 1.807) is 16.8 Å². The van der Waals surface area contributed by atoms with Crippen LogP contribution in [0.15, 0.2) is 17.1 Å². The van der Waals surface area contributed by atoms with Gasteiger partial charge in [0.2, 0.25) is 0 Å². The van der Waals surface area contributed by atoms with Crippen molar-refractivity contribution in [1.82, 2.24) is 34.3 Å². The van der Waals surface area contributed by atoms with Crippen LogP contribution in [0.25, 0.3) is 0 Å². The van der Waals surface area contributed by atoms with Gasteiger partial charge in [-0.2, -0.15) is 5.10 Å². The highest BCUT2D eigenvalue weighted by molar-refractivity contribution is 5.89. The first-order valence-electron chi connectivity index (χ1n) is 11.1. The number of anilines is 1. The fourth-order valence-corrected chi connectivity index (χ4v) is 4.05. The number of carbonyl (C=O) groups excluding carboxylic acids is 2. The molecule has 12 heteroatoms. The molecule has 178 valence electrons. The lowest BCUT2D eigenvalue weighted by Gasteiger charge is -2.33. The molecule has 0 spiro atoms. The Morgan fingerprint density at radius 1 is 1.09 bits per heavy atom. The summed E-state index contributed by atoms with van der Waals surface area (Å²) < 4.78 is 8.76. The zero-order valence-electron chi connectivity index (χ0n) is 19.4. The van der Waals surface area contributed by atoms with E-state index in [1.807, 2.05) is 20.8 Å². The van der Waals surface area contributed by atoms with Gasteiger partial charge in [-0.3, -0.25) is 9.69 Å². The summed E-state index contributed by atoms with van der Waals surface area (Å²) in [5, 5.41) is 15.4. The number of ether oxygens (including phenoxy) is 1. The van der Waals surface area contributed by atoms with E-state index < -0.39 is 5.60 Å². The number of aromatic nitrogens is 5. The highest BCUT2D eigenvalue weighted by Crippen LogP contribution is 2.29. The van der Waals surface area contributed by atoms with Crippen LogP contribution in [-0.4, -0.2) is 71.7 Å². The first-order valence-corrected chi connectivity index (χ1v) is 11.1. The second-order valence-electron chi connectivity index (χ2n) is 9.43. The topological polar surface area (TPSA) is 127 Å². The third-order valence-corrected chi connectivity index (χ3v) is 5.80.